The molecule has 1 atom stereocenters. The molecule has 0 fully saturated rings. The molecule has 0 saturated carbocycles. The quantitative estimate of drug-likeness (QED) is 0.730. The lowest BCUT2D eigenvalue weighted by atomic mass is 10.2. The molecule has 0 radical (unpaired) electrons. The van der Waals surface area contributed by atoms with Gasteiger partial charge in [0.15, 0.2) is 0 Å². The molecule has 0 saturated heterocycles. The summed E-state index contributed by atoms with van der Waals surface area (Å²) in [6.45, 7) is 4.77. The second kappa shape index (κ2) is 9.45. The summed E-state index contributed by atoms with van der Waals surface area (Å²) >= 11 is 0. The molecule has 2 rings (SSSR count). The zero-order chi connectivity index (χ0) is 16.5. The van der Waals surface area contributed by atoms with Crippen LogP contribution in [0, 0.1) is 5.82 Å². The van der Waals surface area contributed by atoms with Crippen LogP contribution in [0.2, 0.25) is 0 Å². The molecule has 23 heavy (non-hydrogen) atoms. The lowest BCUT2D eigenvalue weighted by molar-refractivity contribution is 0.00387. The molecule has 1 heterocycles. The van der Waals surface area contributed by atoms with Gasteiger partial charge in [0.05, 0.1) is 19.0 Å². The van der Waals surface area contributed by atoms with E-state index in [-0.39, 0.29) is 12.4 Å². The van der Waals surface area contributed by atoms with E-state index in [2.05, 4.69) is 11.8 Å². The minimum atomic E-state index is -0.572. The Morgan fingerprint density at radius 3 is 2.70 bits per heavy atom. The van der Waals surface area contributed by atoms with Gasteiger partial charge in [0.2, 0.25) is 0 Å². The number of aliphatic hydroxyl groups excluding tert-OH is 1. The summed E-state index contributed by atoms with van der Waals surface area (Å²) in [6.07, 6.45) is 2.01. The number of benzene rings is 1. The molecule has 0 bridgehead atoms. The van der Waals surface area contributed by atoms with Crippen molar-refractivity contribution in [3.05, 3.63) is 59.8 Å². The highest BCUT2D eigenvalue weighted by Gasteiger charge is 2.12. The monoisotopic (exact) mass is 321 g/mol. The van der Waals surface area contributed by atoms with E-state index in [1.165, 1.54) is 12.1 Å². The van der Waals surface area contributed by atoms with Gasteiger partial charge in [0.1, 0.15) is 18.2 Å². The highest BCUT2D eigenvalue weighted by atomic mass is 19.1. The summed E-state index contributed by atoms with van der Waals surface area (Å²) in [7, 11) is 0. The van der Waals surface area contributed by atoms with E-state index >= 15 is 0 Å². The molecule has 2 aromatic rings. The fourth-order valence-corrected chi connectivity index (χ4v) is 2.44. The number of hydrogen-bond donors (Lipinski definition) is 1. The predicted octanol–water partition coefficient (Wildman–Crippen LogP) is 3.21. The highest BCUT2D eigenvalue weighted by Crippen LogP contribution is 2.09. The largest absolute Gasteiger partial charge is 0.467 e. The Labute approximate surface area is 136 Å². The smallest absolute Gasteiger partial charge is 0.129 e. The van der Waals surface area contributed by atoms with Crippen LogP contribution in [0.4, 0.5) is 4.39 Å². The van der Waals surface area contributed by atoms with Crippen molar-refractivity contribution in [2.45, 2.75) is 32.6 Å². The van der Waals surface area contributed by atoms with Crippen LogP contribution in [0.3, 0.4) is 0 Å². The van der Waals surface area contributed by atoms with Gasteiger partial charge in [0.25, 0.3) is 0 Å². The lowest BCUT2D eigenvalue weighted by Gasteiger charge is -2.24. The molecule has 126 valence electrons. The van der Waals surface area contributed by atoms with Crippen molar-refractivity contribution in [1.29, 1.82) is 0 Å². The topological polar surface area (TPSA) is 45.8 Å². The van der Waals surface area contributed by atoms with Crippen molar-refractivity contribution < 1.29 is 18.7 Å². The fraction of sp³-hybridized carbons (Fsp3) is 0.444. The fourth-order valence-electron chi connectivity index (χ4n) is 2.44. The van der Waals surface area contributed by atoms with Crippen molar-refractivity contribution in [3.63, 3.8) is 0 Å². The predicted molar refractivity (Wildman–Crippen MR) is 86.3 cm³/mol. The first-order chi connectivity index (χ1) is 11.2. The van der Waals surface area contributed by atoms with E-state index in [0.717, 1.165) is 24.3 Å². The number of rotatable bonds is 10. The normalized spacial score (nSPS) is 12.7. The molecular formula is C18H24FNO3. The van der Waals surface area contributed by atoms with Gasteiger partial charge in [-0.25, -0.2) is 4.39 Å². The van der Waals surface area contributed by atoms with Crippen LogP contribution in [0.25, 0.3) is 0 Å². The minimum absolute atomic E-state index is 0.234. The highest BCUT2D eigenvalue weighted by molar-refractivity contribution is 5.15. The van der Waals surface area contributed by atoms with Crippen molar-refractivity contribution in [3.8, 4) is 0 Å². The van der Waals surface area contributed by atoms with Crippen LogP contribution in [0.5, 0.6) is 0 Å². The zero-order valence-corrected chi connectivity index (χ0v) is 13.5. The van der Waals surface area contributed by atoms with Crippen LogP contribution in [-0.2, 0) is 17.9 Å². The molecule has 1 unspecified atom stereocenters. The molecule has 1 N–H and O–H groups in total. The van der Waals surface area contributed by atoms with Gasteiger partial charge in [-0.1, -0.05) is 19.1 Å². The Morgan fingerprint density at radius 1 is 1.26 bits per heavy atom. The third-order valence-corrected chi connectivity index (χ3v) is 3.46. The van der Waals surface area contributed by atoms with Gasteiger partial charge in [0, 0.05) is 13.1 Å². The second-order valence-corrected chi connectivity index (χ2v) is 5.61. The molecule has 0 amide bonds. The second-order valence-electron chi connectivity index (χ2n) is 5.61. The maximum absolute atomic E-state index is 13.0. The van der Waals surface area contributed by atoms with E-state index in [1.807, 2.05) is 6.07 Å². The number of nitrogens with zero attached hydrogens (tertiary/aromatic N) is 1. The average Bonchev–Trinajstić information content (AvgIpc) is 3.03. The van der Waals surface area contributed by atoms with Crippen LogP contribution in [0.1, 0.15) is 24.7 Å². The van der Waals surface area contributed by atoms with Crippen molar-refractivity contribution >= 4 is 0 Å². The van der Waals surface area contributed by atoms with Crippen LogP contribution in [0.15, 0.2) is 47.1 Å². The molecule has 5 heteroatoms. The number of halogens is 1. The van der Waals surface area contributed by atoms with Gasteiger partial charge in [-0.05, 0) is 42.8 Å². The first-order valence-corrected chi connectivity index (χ1v) is 7.92. The summed E-state index contributed by atoms with van der Waals surface area (Å²) in [6, 6.07) is 10.1. The van der Waals surface area contributed by atoms with Gasteiger partial charge in [-0.2, -0.15) is 0 Å². The maximum atomic E-state index is 13.0. The molecule has 0 aliphatic rings. The first kappa shape index (κ1) is 17.7. The van der Waals surface area contributed by atoms with Gasteiger partial charge in [-0.15, -0.1) is 0 Å². The molecule has 0 spiro atoms. The Hall–Kier alpha value is -1.69. The standard InChI is InChI=1S/C18H24FNO3/c1-2-9-20(11-15-5-7-16(19)8-6-15)12-17(21)13-22-14-18-4-3-10-23-18/h3-8,10,17,21H,2,9,11-14H2,1H3. The third-order valence-electron chi connectivity index (χ3n) is 3.46. The van der Waals surface area contributed by atoms with E-state index in [1.54, 1.807) is 24.5 Å². The molecular weight excluding hydrogens is 297 g/mol. The number of ether oxygens (including phenoxy) is 1. The van der Waals surface area contributed by atoms with Crippen LogP contribution < -0.4 is 0 Å². The Kier molecular flexibility index (Phi) is 7.26. The van der Waals surface area contributed by atoms with Crippen LogP contribution in [-0.4, -0.2) is 35.8 Å². The Morgan fingerprint density at radius 2 is 2.04 bits per heavy atom. The van der Waals surface area contributed by atoms with Crippen molar-refractivity contribution in [1.82, 2.24) is 4.90 Å². The SMILES string of the molecule is CCCN(Cc1ccc(F)cc1)CC(O)COCc1ccco1. The Balaban J connectivity index is 1.76. The maximum Gasteiger partial charge on any atom is 0.129 e. The lowest BCUT2D eigenvalue weighted by Crippen LogP contribution is -2.35. The van der Waals surface area contributed by atoms with E-state index < -0.39 is 6.10 Å². The summed E-state index contributed by atoms with van der Waals surface area (Å²) < 4.78 is 23.6. The summed E-state index contributed by atoms with van der Waals surface area (Å²) in [5.41, 5.74) is 1.03. The van der Waals surface area contributed by atoms with Gasteiger partial charge >= 0.3 is 0 Å². The zero-order valence-electron chi connectivity index (χ0n) is 13.5. The summed E-state index contributed by atoms with van der Waals surface area (Å²) in [5.74, 6) is 0.510. The number of hydrogen-bond acceptors (Lipinski definition) is 4. The van der Waals surface area contributed by atoms with Gasteiger partial charge < -0.3 is 14.3 Å². The third kappa shape index (κ3) is 6.52. The Bertz CT molecular complexity index is 542. The van der Waals surface area contributed by atoms with Crippen LogP contribution >= 0.6 is 0 Å². The van der Waals surface area contributed by atoms with E-state index in [0.29, 0.717) is 19.7 Å². The van der Waals surface area contributed by atoms with Gasteiger partial charge in [-0.3, -0.25) is 4.90 Å². The van der Waals surface area contributed by atoms with E-state index in [9.17, 15) is 9.50 Å². The molecule has 0 aliphatic carbocycles. The molecule has 0 aliphatic heterocycles. The average molecular weight is 321 g/mol. The van der Waals surface area contributed by atoms with Crippen molar-refractivity contribution in [2.24, 2.45) is 0 Å². The first-order valence-electron chi connectivity index (χ1n) is 7.92. The number of aliphatic hydroxyl groups is 1. The molecule has 1 aromatic carbocycles. The summed E-state index contributed by atoms with van der Waals surface area (Å²) in [5, 5.41) is 10.1. The molecule has 4 nitrogen and oxygen atoms in total. The summed E-state index contributed by atoms with van der Waals surface area (Å²) in [4.78, 5) is 2.15. The minimum Gasteiger partial charge on any atom is -0.467 e. The molecule has 1 aromatic heterocycles. The van der Waals surface area contributed by atoms with E-state index in [4.69, 9.17) is 9.15 Å². The number of furan rings is 1. The van der Waals surface area contributed by atoms with Crippen molar-refractivity contribution in [2.75, 3.05) is 19.7 Å².